The lowest BCUT2D eigenvalue weighted by molar-refractivity contribution is -0.156. The van der Waals surface area contributed by atoms with Gasteiger partial charge in [0.2, 0.25) is 0 Å². The third kappa shape index (κ3) is 4.42. The first-order valence-electron chi connectivity index (χ1n) is 6.86. The summed E-state index contributed by atoms with van der Waals surface area (Å²) in [6, 6.07) is 0. The highest BCUT2D eigenvalue weighted by Gasteiger charge is 2.29. The zero-order chi connectivity index (χ0) is 12.1. The fraction of sp³-hybridized carbons (Fsp3) is 1.00. The number of hydrogen-bond acceptors (Lipinski definition) is 2. The molecule has 96 valence electrons. The van der Waals surface area contributed by atoms with Crippen LogP contribution in [0.5, 0.6) is 0 Å². The van der Waals surface area contributed by atoms with Crippen molar-refractivity contribution >= 4 is 0 Å². The second-order valence-electron chi connectivity index (χ2n) is 5.80. The van der Waals surface area contributed by atoms with Gasteiger partial charge in [0.15, 0.2) is 6.29 Å². The summed E-state index contributed by atoms with van der Waals surface area (Å²) in [4.78, 5) is 0. The average Bonchev–Trinajstić information content (AvgIpc) is 2.26. The van der Waals surface area contributed by atoms with E-state index in [1.165, 1.54) is 12.8 Å². The molecule has 5 unspecified atom stereocenters. The van der Waals surface area contributed by atoms with Crippen molar-refractivity contribution in [2.75, 3.05) is 0 Å². The molecule has 5 atom stereocenters. The molecule has 0 aromatic rings. The van der Waals surface area contributed by atoms with E-state index in [4.69, 9.17) is 4.74 Å². The second-order valence-corrected chi connectivity index (χ2v) is 5.80. The molecule has 2 heteroatoms. The molecule has 0 radical (unpaired) electrons. The summed E-state index contributed by atoms with van der Waals surface area (Å²) < 4.78 is 5.63. The lowest BCUT2D eigenvalue weighted by Gasteiger charge is -2.24. The van der Waals surface area contributed by atoms with E-state index in [9.17, 15) is 5.11 Å². The molecule has 0 aromatic carbocycles. The van der Waals surface area contributed by atoms with Gasteiger partial charge in [-0.25, -0.2) is 0 Å². The van der Waals surface area contributed by atoms with Gasteiger partial charge < -0.3 is 9.84 Å². The SMILES string of the molecule is CCCC(C)CC1CC(C)CC(C)OC1O. The molecule has 0 spiro atoms. The molecule has 0 aromatic heterocycles. The fourth-order valence-electron chi connectivity index (χ4n) is 3.04. The Bertz CT molecular complexity index is 193. The van der Waals surface area contributed by atoms with Crippen molar-refractivity contribution < 1.29 is 9.84 Å². The Morgan fingerprint density at radius 2 is 2.00 bits per heavy atom. The molecule has 1 aliphatic rings. The first-order chi connectivity index (χ1) is 7.52. The summed E-state index contributed by atoms with van der Waals surface area (Å²) in [6.07, 6.45) is 5.45. The van der Waals surface area contributed by atoms with Crippen LogP contribution in [-0.2, 0) is 4.74 Å². The van der Waals surface area contributed by atoms with Crippen LogP contribution in [0.25, 0.3) is 0 Å². The Morgan fingerprint density at radius 1 is 1.31 bits per heavy atom. The first kappa shape index (κ1) is 14.0. The molecule has 1 saturated heterocycles. The Balaban J connectivity index is 2.49. The molecule has 2 nitrogen and oxygen atoms in total. The lowest BCUT2D eigenvalue weighted by Crippen LogP contribution is -2.26. The fourth-order valence-corrected chi connectivity index (χ4v) is 3.04. The van der Waals surface area contributed by atoms with Gasteiger partial charge in [-0.05, 0) is 38.0 Å². The number of aliphatic hydroxyl groups excluding tert-OH is 1. The standard InChI is InChI=1S/C14H28O2/c1-5-6-10(2)8-13-9-11(3)7-12(4)16-14(13)15/h10-15H,5-9H2,1-4H3. The van der Waals surface area contributed by atoms with Gasteiger partial charge >= 0.3 is 0 Å². The zero-order valence-electron chi connectivity index (χ0n) is 11.3. The van der Waals surface area contributed by atoms with Crippen LogP contribution in [0.3, 0.4) is 0 Å². The summed E-state index contributed by atoms with van der Waals surface area (Å²) in [6.45, 7) is 8.85. The van der Waals surface area contributed by atoms with Crippen LogP contribution in [-0.4, -0.2) is 17.5 Å². The molecular weight excluding hydrogens is 200 g/mol. The van der Waals surface area contributed by atoms with Crippen molar-refractivity contribution in [2.45, 2.75) is 72.2 Å². The van der Waals surface area contributed by atoms with Gasteiger partial charge in [-0.15, -0.1) is 0 Å². The zero-order valence-corrected chi connectivity index (χ0v) is 11.3. The van der Waals surface area contributed by atoms with E-state index in [0.717, 1.165) is 19.3 Å². The number of ether oxygens (including phenoxy) is 1. The number of hydrogen-bond donors (Lipinski definition) is 1. The molecule has 16 heavy (non-hydrogen) atoms. The number of rotatable bonds is 4. The quantitative estimate of drug-likeness (QED) is 0.797. The van der Waals surface area contributed by atoms with Crippen molar-refractivity contribution in [1.82, 2.24) is 0 Å². The Labute approximate surface area is 100 Å². The Kier molecular flexibility index (Phi) is 5.77. The predicted molar refractivity (Wildman–Crippen MR) is 67.1 cm³/mol. The van der Waals surface area contributed by atoms with E-state index in [1.807, 2.05) is 0 Å². The topological polar surface area (TPSA) is 29.5 Å². The largest absolute Gasteiger partial charge is 0.368 e. The van der Waals surface area contributed by atoms with Gasteiger partial charge in [-0.1, -0.05) is 33.6 Å². The predicted octanol–water partition coefficient (Wildman–Crippen LogP) is 3.58. The molecule has 1 heterocycles. The second kappa shape index (κ2) is 6.61. The number of aliphatic hydroxyl groups is 1. The third-order valence-electron chi connectivity index (χ3n) is 3.70. The molecule has 1 rings (SSSR count). The van der Waals surface area contributed by atoms with Crippen LogP contribution in [0, 0.1) is 17.8 Å². The first-order valence-corrected chi connectivity index (χ1v) is 6.86. The normalized spacial score (nSPS) is 38.1. The van der Waals surface area contributed by atoms with Crippen LogP contribution in [0.1, 0.15) is 59.8 Å². The van der Waals surface area contributed by atoms with Crippen LogP contribution in [0.15, 0.2) is 0 Å². The van der Waals surface area contributed by atoms with E-state index in [-0.39, 0.29) is 6.10 Å². The molecule has 1 N–H and O–H groups in total. The highest BCUT2D eigenvalue weighted by molar-refractivity contribution is 4.74. The van der Waals surface area contributed by atoms with Gasteiger partial charge in [0.25, 0.3) is 0 Å². The summed E-state index contributed by atoms with van der Waals surface area (Å²) in [5.74, 6) is 1.71. The maximum Gasteiger partial charge on any atom is 0.157 e. The van der Waals surface area contributed by atoms with E-state index < -0.39 is 6.29 Å². The average molecular weight is 228 g/mol. The molecule has 0 bridgehead atoms. The Morgan fingerprint density at radius 3 is 2.62 bits per heavy atom. The van der Waals surface area contributed by atoms with Crippen molar-refractivity contribution in [3.05, 3.63) is 0 Å². The third-order valence-corrected chi connectivity index (χ3v) is 3.70. The summed E-state index contributed by atoms with van der Waals surface area (Å²) in [5.41, 5.74) is 0. The molecule has 0 saturated carbocycles. The van der Waals surface area contributed by atoms with Crippen molar-refractivity contribution in [2.24, 2.45) is 17.8 Å². The lowest BCUT2D eigenvalue weighted by atomic mass is 9.85. The maximum absolute atomic E-state index is 10.0. The van der Waals surface area contributed by atoms with Gasteiger partial charge in [0, 0.05) is 5.92 Å². The van der Waals surface area contributed by atoms with E-state index in [0.29, 0.717) is 17.8 Å². The molecular formula is C14H28O2. The highest BCUT2D eigenvalue weighted by Crippen LogP contribution is 2.32. The maximum atomic E-state index is 10.0. The summed E-state index contributed by atoms with van der Waals surface area (Å²) in [7, 11) is 0. The van der Waals surface area contributed by atoms with Crippen LogP contribution in [0.2, 0.25) is 0 Å². The minimum atomic E-state index is -0.542. The van der Waals surface area contributed by atoms with Crippen LogP contribution >= 0.6 is 0 Å². The summed E-state index contributed by atoms with van der Waals surface area (Å²) >= 11 is 0. The van der Waals surface area contributed by atoms with Crippen molar-refractivity contribution in [3.8, 4) is 0 Å². The van der Waals surface area contributed by atoms with E-state index >= 15 is 0 Å². The smallest absolute Gasteiger partial charge is 0.157 e. The Hall–Kier alpha value is -0.0800. The van der Waals surface area contributed by atoms with Crippen molar-refractivity contribution in [3.63, 3.8) is 0 Å². The van der Waals surface area contributed by atoms with Crippen LogP contribution in [0.4, 0.5) is 0 Å². The summed E-state index contributed by atoms with van der Waals surface area (Å²) in [5, 5.41) is 10.0. The molecule has 1 aliphatic heterocycles. The minimum Gasteiger partial charge on any atom is -0.368 e. The van der Waals surface area contributed by atoms with Crippen LogP contribution < -0.4 is 0 Å². The van der Waals surface area contributed by atoms with Gasteiger partial charge in [-0.3, -0.25) is 0 Å². The highest BCUT2D eigenvalue weighted by atomic mass is 16.6. The van der Waals surface area contributed by atoms with Gasteiger partial charge in [-0.2, -0.15) is 0 Å². The van der Waals surface area contributed by atoms with Gasteiger partial charge in [0.1, 0.15) is 0 Å². The minimum absolute atomic E-state index is 0.205. The van der Waals surface area contributed by atoms with E-state index in [2.05, 4.69) is 27.7 Å². The monoisotopic (exact) mass is 228 g/mol. The molecule has 0 aliphatic carbocycles. The van der Waals surface area contributed by atoms with E-state index in [1.54, 1.807) is 0 Å². The molecule has 0 amide bonds. The molecule has 1 fully saturated rings. The van der Waals surface area contributed by atoms with Crippen molar-refractivity contribution in [1.29, 1.82) is 0 Å². The van der Waals surface area contributed by atoms with Gasteiger partial charge in [0.05, 0.1) is 6.10 Å².